The van der Waals surface area contributed by atoms with Crippen LogP contribution in [0.15, 0.2) is 47.2 Å². The number of methoxy groups -OCH3 is 2. The van der Waals surface area contributed by atoms with Crippen LogP contribution in [0.25, 0.3) is 5.69 Å². The van der Waals surface area contributed by atoms with Crippen molar-refractivity contribution in [3.05, 3.63) is 58.3 Å². The van der Waals surface area contributed by atoms with E-state index in [9.17, 15) is 9.59 Å². The highest BCUT2D eigenvalue weighted by molar-refractivity contribution is 9.10. The number of imide groups is 1. The van der Waals surface area contributed by atoms with Gasteiger partial charge < -0.3 is 14.8 Å². The quantitative estimate of drug-likeness (QED) is 0.532. The molecular weight excluding hydrogens is 468 g/mol. The standard InChI is InChI=1S/C20H19BrN6O4/c1-20(13-5-4-6-14(8-13)27-11-22-24-25-27)18(28)26(19(29)23-20)10-12-7-16(30-2)17(31-3)9-15(12)21/h4-9,11H,10H2,1-3H3,(H,23,29)/t20-/m1/s1. The van der Waals surface area contributed by atoms with Crippen LogP contribution in [0.4, 0.5) is 4.79 Å². The van der Waals surface area contributed by atoms with E-state index in [4.69, 9.17) is 9.47 Å². The third-order valence-electron chi connectivity index (χ3n) is 5.19. The summed E-state index contributed by atoms with van der Waals surface area (Å²) in [7, 11) is 3.06. The van der Waals surface area contributed by atoms with Gasteiger partial charge in [-0.25, -0.2) is 9.48 Å². The molecule has 1 aliphatic rings. The number of ether oxygens (including phenoxy) is 2. The predicted molar refractivity (Wildman–Crippen MR) is 113 cm³/mol. The van der Waals surface area contributed by atoms with Gasteiger partial charge in [-0.3, -0.25) is 9.69 Å². The first kappa shape index (κ1) is 20.8. The Balaban J connectivity index is 1.65. The Labute approximate surface area is 186 Å². The summed E-state index contributed by atoms with van der Waals surface area (Å²) in [5.41, 5.74) is 0.761. The SMILES string of the molecule is COc1cc(Br)c(CN2C(=O)N[C@](C)(c3cccc(-n4cnnn4)c3)C2=O)cc1OC. The number of rotatable bonds is 6. The number of amides is 3. The van der Waals surface area contributed by atoms with E-state index in [0.29, 0.717) is 32.8 Å². The van der Waals surface area contributed by atoms with E-state index in [1.165, 1.54) is 30.1 Å². The van der Waals surface area contributed by atoms with Gasteiger partial charge in [-0.2, -0.15) is 0 Å². The van der Waals surface area contributed by atoms with Gasteiger partial charge in [0.25, 0.3) is 5.91 Å². The molecule has 11 heteroatoms. The monoisotopic (exact) mass is 486 g/mol. The van der Waals surface area contributed by atoms with E-state index >= 15 is 0 Å². The molecule has 0 radical (unpaired) electrons. The number of hydrogen-bond acceptors (Lipinski definition) is 7. The lowest BCUT2D eigenvalue weighted by Crippen LogP contribution is -2.40. The van der Waals surface area contributed by atoms with Crippen LogP contribution in [0.1, 0.15) is 18.1 Å². The van der Waals surface area contributed by atoms with Gasteiger partial charge in [0.1, 0.15) is 11.9 Å². The molecule has 0 unspecified atom stereocenters. The maximum atomic E-state index is 13.4. The number of urea groups is 1. The van der Waals surface area contributed by atoms with Crippen LogP contribution < -0.4 is 14.8 Å². The molecule has 1 aliphatic heterocycles. The zero-order chi connectivity index (χ0) is 22.2. The van der Waals surface area contributed by atoms with Gasteiger partial charge in [-0.1, -0.05) is 28.1 Å². The van der Waals surface area contributed by atoms with E-state index in [0.717, 1.165) is 0 Å². The van der Waals surface area contributed by atoms with Gasteiger partial charge in [0.2, 0.25) is 0 Å². The molecule has 0 spiro atoms. The molecule has 0 saturated carbocycles. The van der Waals surface area contributed by atoms with Crippen LogP contribution in [0, 0.1) is 0 Å². The maximum absolute atomic E-state index is 13.4. The van der Waals surface area contributed by atoms with Gasteiger partial charge in [-0.05, 0) is 52.7 Å². The maximum Gasteiger partial charge on any atom is 0.325 e. The lowest BCUT2D eigenvalue weighted by molar-refractivity contribution is -0.131. The summed E-state index contributed by atoms with van der Waals surface area (Å²) < 4.78 is 12.8. The lowest BCUT2D eigenvalue weighted by Gasteiger charge is -2.23. The van der Waals surface area contributed by atoms with E-state index in [2.05, 4.69) is 36.8 Å². The Bertz CT molecular complexity index is 1150. The van der Waals surface area contributed by atoms with E-state index in [-0.39, 0.29) is 12.5 Å². The number of nitrogens with zero attached hydrogens (tertiary/aromatic N) is 5. The van der Waals surface area contributed by atoms with Crippen molar-refractivity contribution in [3.8, 4) is 17.2 Å². The summed E-state index contributed by atoms with van der Waals surface area (Å²) in [6.07, 6.45) is 1.46. The summed E-state index contributed by atoms with van der Waals surface area (Å²) in [6.45, 7) is 1.74. The van der Waals surface area contributed by atoms with E-state index in [1.807, 2.05) is 6.07 Å². The summed E-state index contributed by atoms with van der Waals surface area (Å²) >= 11 is 3.48. The molecule has 3 aromatic rings. The third-order valence-corrected chi connectivity index (χ3v) is 5.93. The van der Waals surface area contributed by atoms with Gasteiger partial charge in [0.05, 0.1) is 26.5 Å². The molecule has 3 amide bonds. The molecule has 10 nitrogen and oxygen atoms in total. The molecule has 4 rings (SSSR count). The molecule has 1 N–H and O–H groups in total. The number of benzene rings is 2. The highest BCUT2D eigenvalue weighted by Gasteiger charge is 2.49. The molecular formula is C20H19BrN6O4. The van der Waals surface area contributed by atoms with Crippen LogP contribution in [-0.2, 0) is 16.9 Å². The number of carbonyl (C=O) groups is 2. The van der Waals surface area contributed by atoms with Crippen LogP contribution in [0.5, 0.6) is 11.5 Å². The number of hydrogen-bond donors (Lipinski definition) is 1. The van der Waals surface area contributed by atoms with Gasteiger partial charge in [-0.15, -0.1) is 5.10 Å². The van der Waals surface area contributed by atoms with Crippen molar-refractivity contribution in [2.45, 2.75) is 19.0 Å². The van der Waals surface area contributed by atoms with Crippen molar-refractivity contribution in [2.75, 3.05) is 14.2 Å². The van der Waals surface area contributed by atoms with Gasteiger partial charge in [0.15, 0.2) is 11.5 Å². The minimum absolute atomic E-state index is 0.0634. The minimum Gasteiger partial charge on any atom is -0.493 e. The second kappa shape index (κ2) is 7.99. The van der Waals surface area contributed by atoms with E-state index in [1.54, 1.807) is 37.3 Å². The third kappa shape index (κ3) is 3.61. The van der Waals surface area contributed by atoms with Crippen LogP contribution >= 0.6 is 15.9 Å². The average molecular weight is 487 g/mol. The van der Waals surface area contributed by atoms with Crippen LogP contribution in [-0.4, -0.2) is 51.3 Å². The van der Waals surface area contributed by atoms with Crippen molar-refractivity contribution in [3.63, 3.8) is 0 Å². The molecule has 2 aromatic carbocycles. The number of tetrazole rings is 1. The Kier molecular flexibility index (Phi) is 5.36. The Hall–Kier alpha value is -3.47. The van der Waals surface area contributed by atoms with Crippen molar-refractivity contribution in [1.29, 1.82) is 0 Å². The predicted octanol–water partition coefficient (Wildman–Crippen LogP) is 2.41. The summed E-state index contributed by atoms with van der Waals surface area (Å²) in [5, 5.41) is 13.9. The highest BCUT2D eigenvalue weighted by Crippen LogP contribution is 2.36. The smallest absolute Gasteiger partial charge is 0.325 e. The van der Waals surface area contributed by atoms with Crippen molar-refractivity contribution in [2.24, 2.45) is 0 Å². The summed E-state index contributed by atoms with van der Waals surface area (Å²) in [5.74, 6) is 0.678. The molecule has 1 saturated heterocycles. The number of nitrogens with one attached hydrogen (secondary N) is 1. The minimum atomic E-state index is -1.23. The number of halogens is 1. The zero-order valence-electron chi connectivity index (χ0n) is 17.0. The molecule has 31 heavy (non-hydrogen) atoms. The molecule has 0 aliphatic carbocycles. The van der Waals surface area contributed by atoms with Crippen molar-refractivity contribution in [1.82, 2.24) is 30.4 Å². The normalized spacial score (nSPS) is 18.3. The number of aromatic nitrogens is 4. The highest BCUT2D eigenvalue weighted by atomic mass is 79.9. The first-order valence-electron chi connectivity index (χ1n) is 9.26. The second-order valence-corrected chi connectivity index (χ2v) is 7.90. The summed E-state index contributed by atoms with van der Waals surface area (Å²) in [4.78, 5) is 27.3. The Morgan fingerprint density at radius 3 is 2.55 bits per heavy atom. The van der Waals surface area contributed by atoms with Gasteiger partial charge in [0, 0.05) is 4.47 Å². The zero-order valence-corrected chi connectivity index (χ0v) is 18.6. The second-order valence-electron chi connectivity index (χ2n) is 7.05. The fourth-order valence-corrected chi connectivity index (χ4v) is 3.91. The number of carbonyl (C=O) groups excluding carboxylic acids is 2. The molecule has 1 aromatic heterocycles. The molecule has 160 valence electrons. The topological polar surface area (TPSA) is 111 Å². The Morgan fingerprint density at radius 1 is 1.13 bits per heavy atom. The molecule has 1 atom stereocenters. The average Bonchev–Trinajstić information content (AvgIpc) is 3.38. The van der Waals surface area contributed by atoms with Crippen LogP contribution in [0.3, 0.4) is 0 Å². The first-order chi connectivity index (χ1) is 14.9. The first-order valence-corrected chi connectivity index (χ1v) is 10.0. The fourth-order valence-electron chi connectivity index (χ4n) is 3.46. The Morgan fingerprint density at radius 2 is 1.87 bits per heavy atom. The molecule has 1 fully saturated rings. The van der Waals surface area contributed by atoms with Crippen molar-refractivity contribution >= 4 is 27.9 Å². The fraction of sp³-hybridized carbons (Fsp3) is 0.250. The molecule has 0 bridgehead atoms. The molecule has 2 heterocycles. The van der Waals surface area contributed by atoms with Crippen molar-refractivity contribution < 1.29 is 19.1 Å². The van der Waals surface area contributed by atoms with Crippen LogP contribution in [0.2, 0.25) is 0 Å². The van der Waals surface area contributed by atoms with E-state index < -0.39 is 11.6 Å². The largest absolute Gasteiger partial charge is 0.493 e. The lowest BCUT2D eigenvalue weighted by atomic mass is 9.91. The summed E-state index contributed by atoms with van der Waals surface area (Å²) in [6, 6.07) is 10.1. The van der Waals surface area contributed by atoms with Gasteiger partial charge >= 0.3 is 6.03 Å².